The van der Waals surface area contributed by atoms with Gasteiger partial charge in [0.2, 0.25) is 0 Å². The summed E-state index contributed by atoms with van der Waals surface area (Å²) >= 11 is 0. The van der Waals surface area contributed by atoms with E-state index in [-0.39, 0.29) is 0 Å². The number of ether oxygens (including phenoxy) is 1. The predicted molar refractivity (Wildman–Crippen MR) is 74.0 cm³/mol. The highest BCUT2D eigenvalue weighted by molar-refractivity contribution is 5.96. The highest BCUT2D eigenvalue weighted by Crippen LogP contribution is 2.25. The molecule has 2 N–H and O–H groups in total. The lowest BCUT2D eigenvalue weighted by atomic mass is 10.1. The third-order valence-electron chi connectivity index (χ3n) is 2.75. The van der Waals surface area contributed by atoms with Gasteiger partial charge in [-0.3, -0.25) is 14.9 Å². The van der Waals surface area contributed by atoms with Gasteiger partial charge in [-0.2, -0.15) is 0 Å². The zero-order chi connectivity index (χ0) is 15.3. The van der Waals surface area contributed by atoms with Crippen molar-refractivity contribution in [2.45, 2.75) is 26.9 Å². The van der Waals surface area contributed by atoms with Crippen LogP contribution in [0.5, 0.6) is 5.75 Å². The average molecular weight is 278 g/mol. The number of carbonyl (C=O) groups is 3. The number of aldehydes is 1. The summed E-state index contributed by atoms with van der Waals surface area (Å²) in [7, 11) is 1.42. The van der Waals surface area contributed by atoms with E-state index in [4.69, 9.17) is 4.74 Å². The van der Waals surface area contributed by atoms with Crippen molar-refractivity contribution in [2.24, 2.45) is 0 Å². The van der Waals surface area contributed by atoms with E-state index in [0.717, 1.165) is 17.4 Å². The van der Waals surface area contributed by atoms with Gasteiger partial charge < -0.3 is 10.1 Å². The molecule has 0 saturated heterocycles. The van der Waals surface area contributed by atoms with Crippen LogP contribution in [0.3, 0.4) is 0 Å². The Hall–Kier alpha value is -2.37. The fourth-order valence-corrected chi connectivity index (χ4v) is 1.74. The Morgan fingerprint density at radius 1 is 1.25 bits per heavy atom. The maximum Gasteiger partial charge on any atom is 0.321 e. The lowest BCUT2D eigenvalue weighted by Crippen LogP contribution is -2.44. The third kappa shape index (κ3) is 3.81. The number of hydrogen-bond acceptors (Lipinski definition) is 4. The van der Waals surface area contributed by atoms with Gasteiger partial charge in [0.25, 0.3) is 5.91 Å². The molecule has 108 valence electrons. The molecule has 1 rings (SSSR count). The number of imide groups is 1. The van der Waals surface area contributed by atoms with Crippen LogP contribution in [-0.2, 0) is 4.79 Å². The summed E-state index contributed by atoms with van der Waals surface area (Å²) in [6.07, 6.45) is -0.0716. The summed E-state index contributed by atoms with van der Waals surface area (Å²) in [5.74, 6) is -0.00206. The molecular formula is C14H18N2O4. The number of benzene rings is 1. The topological polar surface area (TPSA) is 84.5 Å². The normalized spacial score (nSPS) is 11.4. The van der Waals surface area contributed by atoms with Crippen molar-refractivity contribution in [2.75, 3.05) is 7.05 Å². The van der Waals surface area contributed by atoms with Crippen LogP contribution < -0.4 is 15.4 Å². The van der Waals surface area contributed by atoms with Gasteiger partial charge in [-0.05, 0) is 44.0 Å². The van der Waals surface area contributed by atoms with Crippen molar-refractivity contribution in [3.8, 4) is 5.75 Å². The SMILES string of the molecule is CNC(=O)NC(=O)C(C)Oc1c(C)cc(C=O)cc1C. The van der Waals surface area contributed by atoms with E-state index in [1.54, 1.807) is 32.9 Å². The van der Waals surface area contributed by atoms with E-state index in [0.29, 0.717) is 11.3 Å². The first-order valence-corrected chi connectivity index (χ1v) is 6.14. The molecule has 0 aliphatic carbocycles. The molecule has 6 nitrogen and oxygen atoms in total. The first-order valence-electron chi connectivity index (χ1n) is 6.14. The number of carbonyl (C=O) groups excluding carboxylic acids is 3. The number of nitrogens with one attached hydrogen (secondary N) is 2. The van der Waals surface area contributed by atoms with E-state index in [1.165, 1.54) is 7.05 Å². The van der Waals surface area contributed by atoms with Crippen molar-refractivity contribution < 1.29 is 19.1 Å². The quantitative estimate of drug-likeness (QED) is 0.814. The molecule has 1 aromatic carbocycles. The minimum Gasteiger partial charge on any atom is -0.480 e. The number of hydrogen-bond donors (Lipinski definition) is 2. The van der Waals surface area contributed by atoms with Crippen LogP contribution in [0.25, 0.3) is 0 Å². The zero-order valence-corrected chi connectivity index (χ0v) is 11.9. The summed E-state index contributed by atoms with van der Waals surface area (Å²) in [5, 5.41) is 4.43. The summed E-state index contributed by atoms with van der Waals surface area (Å²) in [5.41, 5.74) is 2.06. The van der Waals surface area contributed by atoms with Gasteiger partial charge in [-0.1, -0.05) is 0 Å². The van der Waals surface area contributed by atoms with Crippen LogP contribution in [0, 0.1) is 13.8 Å². The molecule has 0 fully saturated rings. The second-order valence-electron chi connectivity index (χ2n) is 4.43. The van der Waals surface area contributed by atoms with Gasteiger partial charge in [0.15, 0.2) is 6.10 Å². The van der Waals surface area contributed by atoms with Crippen molar-refractivity contribution in [1.29, 1.82) is 0 Å². The van der Waals surface area contributed by atoms with Crippen LogP contribution in [0.2, 0.25) is 0 Å². The second kappa shape index (κ2) is 6.70. The van der Waals surface area contributed by atoms with E-state index in [2.05, 4.69) is 10.6 Å². The molecule has 0 aromatic heterocycles. The average Bonchev–Trinajstić information content (AvgIpc) is 2.41. The Morgan fingerprint density at radius 3 is 2.25 bits per heavy atom. The van der Waals surface area contributed by atoms with Gasteiger partial charge in [-0.25, -0.2) is 4.79 Å². The van der Waals surface area contributed by atoms with E-state index < -0.39 is 18.0 Å². The van der Waals surface area contributed by atoms with Crippen molar-refractivity contribution in [3.63, 3.8) is 0 Å². The largest absolute Gasteiger partial charge is 0.480 e. The molecule has 0 heterocycles. The van der Waals surface area contributed by atoms with Crippen LogP contribution in [-0.4, -0.2) is 31.4 Å². The molecule has 6 heteroatoms. The lowest BCUT2D eigenvalue weighted by Gasteiger charge is -2.18. The smallest absolute Gasteiger partial charge is 0.321 e. The molecule has 0 saturated carbocycles. The Labute approximate surface area is 117 Å². The number of urea groups is 1. The van der Waals surface area contributed by atoms with Crippen LogP contribution in [0.4, 0.5) is 4.79 Å². The number of amides is 3. The summed E-state index contributed by atoms with van der Waals surface area (Å²) in [4.78, 5) is 33.5. The first kappa shape index (κ1) is 15.7. The summed E-state index contributed by atoms with van der Waals surface area (Å²) < 4.78 is 5.57. The van der Waals surface area contributed by atoms with E-state index in [9.17, 15) is 14.4 Å². The second-order valence-corrected chi connectivity index (χ2v) is 4.43. The van der Waals surface area contributed by atoms with Gasteiger partial charge in [0.1, 0.15) is 12.0 Å². The lowest BCUT2D eigenvalue weighted by molar-refractivity contribution is -0.126. The highest BCUT2D eigenvalue weighted by Gasteiger charge is 2.18. The van der Waals surface area contributed by atoms with E-state index >= 15 is 0 Å². The van der Waals surface area contributed by atoms with Gasteiger partial charge in [0.05, 0.1) is 0 Å². The molecule has 3 amide bonds. The fourth-order valence-electron chi connectivity index (χ4n) is 1.74. The molecule has 0 spiro atoms. The molecule has 0 bridgehead atoms. The molecule has 1 unspecified atom stereocenters. The standard InChI is InChI=1S/C14H18N2O4/c1-8-5-11(7-17)6-9(2)12(8)20-10(3)13(18)16-14(19)15-4/h5-7,10H,1-4H3,(H2,15,16,18,19). The molecule has 0 aliphatic heterocycles. The molecular weight excluding hydrogens is 260 g/mol. The maximum atomic E-state index is 11.7. The van der Waals surface area contributed by atoms with Gasteiger partial charge >= 0.3 is 6.03 Å². The Balaban J connectivity index is 2.85. The van der Waals surface area contributed by atoms with Crippen LogP contribution in [0.15, 0.2) is 12.1 Å². The molecule has 20 heavy (non-hydrogen) atoms. The van der Waals surface area contributed by atoms with E-state index in [1.807, 2.05) is 0 Å². The van der Waals surface area contributed by atoms with Crippen molar-refractivity contribution in [3.05, 3.63) is 28.8 Å². The number of aryl methyl sites for hydroxylation is 2. The van der Waals surface area contributed by atoms with Crippen molar-refractivity contribution in [1.82, 2.24) is 10.6 Å². The molecule has 0 aliphatic rings. The van der Waals surface area contributed by atoms with Gasteiger partial charge in [0, 0.05) is 12.6 Å². The third-order valence-corrected chi connectivity index (χ3v) is 2.75. The highest BCUT2D eigenvalue weighted by atomic mass is 16.5. The minimum absolute atomic E-state index is 0.537. The predicted octanol–water partition coefficient (Wildman–Crippen LogP) is 1.34. The Bertz CT molecular complexity index is 517. The summed E-state index contributed by atoms with van der Waals surface area (Å²) in [6.45, 7) is 5.13. The monoisotopic (exact) mass is 278 g/mol. The fraction of sp³-hybridized carbons (Fsp3) is 0.357. The molecule has 1 aromatic rings. The summed E-state index contributed by atoms with van der Waals surface area (Å²) in [6, 6.07) is 2.77. The molecule has 0 radical (unpaired) electrons. The van der Waals surface area contributed by atoms with Crippen molar-refractivity contribution >= 4 is 18.2 Å². The van der Waals surface area contributed by atoms with Gasteiger partial charge in [-0.15, -0.1) is 0 Å². The molecule has 1 atom stereocenters. The maximum absolute atomic E-state index is 11.7. The van der Waals surface area contributed by atoms with Crippen LogP contribution >= 0.6 is 0 Å². The Kier molecular flexibility index (Phi) is 5.25. The number of rotatable bonds is 4. The Morgan fingerprint density at radius 2 is 1.80 bits per heavy atom. The van der Waals surface area contributed by atoms with Crippen LogP contribution in [0.1, 0.15) is 28.4 Å². The first-order chi connectivity index (χ1) is 9.38. The minimum atomic E-state index is -0.827. The zero-order valence-electron chi connectivity index (χ0n) is 11.9.